The van der Waals surface area contributed by atoms with Crippen molar-refractivity contribution < 1.29 is 18.0 Å². The van der Waals surface area contributed by atoms with Gasteiger partial charge in [-0.3, -0.25) is 14.3 Å². The molecule has 2 aliphatic heterocycles. The summed E-state index contributed by atoms with van der Waals surface area (Å²) in [5.41, 5.74) is 5.24. The zero-order valence-corrected chi connectivity index (χ0v) is 27.4. The summed E-state index contributed by atoms with van der Waals surface area (Å²) in [5, 5.41) is 6.38. The summed E-state index contributed by atoms with van der Waals surface area (Å²) in [6.07, 6.45) is 2.68. The van der Waals surface area contributed by atoms with Crippen LogP contribution >= 0.6 is 0 Å². The molecular weight excluding hydrogens is 611 g/mol. The number of rotatable bonds is 10. The Kier molecular flexibility index (Phi) is 9.42. The van der Waals surface area contributed by atoms with E-state index in [0.717, 1.165) is 50.1 Å². The van der Waals surface area contributed by atoms with Crippen molar-refractivity contribution >= 4 is 50.2 Å². The Hall–Kier alpha value is -4.93. The number of fused-ring (bicyclic) bond motifs is 1. The first-order chi connectivity index (χ1) is 22.7. The third kappa shape index (κ3) is 7.40. The largest absolute Gasteiger partial charge is 0.354 e. The third-order valence-corrected chi connectivity index (χ3v) is 10.1. The number of likely N-dealkylation sites (tertiary alicyclic amines) is 1. The van der Waals surface area contributed by atoms with Crippen LogP contribution in [0.2, 0.25) is 0 Å². The van der Waals surface area contributed by atoms with Gasteiger partial charge in [-0.25, -0.2) is 8.42 Å². The van der Waals surface area contributed by atoms with Crippen LogP contribution in [-0.4, -0.2) is 63.8 Å². The van der Waals surface area contributed by atoms with Crippen molar-refractivity contribution in [1.82, 2.24) is 9.80 Å². The van der Waals surface area contributed by atoms with Gasteiger partial charge in [0.2, 0.25) is 5.91 Å². The topological polar surface area (TPSA) is 111 Å². The lowest BCUT2D eigenvalue weighted by Crippen LogP contribution is -2.40. The summed E-state index contributed by atoms with van der Waals surface area (Å²) in [6, 6.07) is 31.1. The van der Waals surface area contributed by atoms with Crippen LogP contribution in [0.1, 0.15) is 29.5 Å². The first kappa shape index (κ1) is 32.0. The molecule has 0 bridgehead atoms. The maximum Gasteiger partial charge on any atom is 0.261 e. The van der Waals surface area contributed by atoms with E-state index in [9.17, 15) is 18.0 Å². The minimum atomic E-state index is -3.91. The number of nitrogens with zero attached hydrogens (tertiary/aromatic N) is 2. The van der Waals surface area contributed by atoms with Crippen molar-refractivity contribution in [3.8, 4) is 0 Å². The molecule has 4 aromatic carbocycles. The number of para-hydroxylation sites is 1. The lowest BCUT2D eigenvalue weighted by Gasteiger charge is -2.32. The predicted molar refractivity (Wildman–Crippen MR) is 187 cm³/mol. The van der Waals surface area contributed by atoms with E-state index in [4.69, 9.17) is 0 Å². The molecule has 0 unspecified atom stereocenters. The molecule has 9 nitrogen and oxygen atoms in total. The molecule has 2 amide bonds. The fourth-order valence-electron chi connectivity index (χ4n) is 6.12. The van der Waals surface area contributed by atoms with Crippen LogP contribution < -0.4 is 15.4 Å². The fourth-order valence-corrected chi connectivity index (χ4v) is 7.21. The van der Waals surface area contributed by atoms with Crippen molar-refractivity contribution in [2.45, 2.75) is 24.2 Å². The number of sulfonamides is 1. The molecule has 6 rings (SSSR count). The minimum absolute atomic E-state index is 0.0550. The van der Waals surface area contributed by atoms with Gasteiger partial charge in [0.15, 0.2) is 0 Å². The molecule has 2 heterocycles. The zero-order valence-electron chi connectivity index (χ0n) is 26.6. The monoisotopic (exact) mass is 649 g/mol. The van der Waals surface area contributed by atoms with Gasteiger partial charge in [0.25, 0.3) is 15.9 Å². The minimum Gasteiger partial charge on any atom is -0.354 e. The number of benzene rings is 4. The van der Waals surface area contributed by atoms with Crippen LogP contribution in [0.15, 0.2) is 108 Å². The maximum absolute atomic E-state index is 13.5. The zero-order chi connectivity index (χ0) is 33.0. The number of nitrogens with one attached hydrogen (secondary N) is 3. The average molecular weight is 650 g/mol. The van der Waals surface area contributed by atoms with Gasteiger partial charge in [-0.15, -0.1) is 0 Å². The van der Waals surface area contributed by atoms with Gasteiger partial charge in [0.1, 0.15) is 0 Å². The molecule has 0 atom stereocenters. The quantitative estimate of drug-likeness (QED) is 0.189. The molecule has 0 radical (unpaired) electrons. The summed E-state index contributed by atoms with van der Waals surface area (Å²) in [6.45, 7) is 2.77. The molecule has 0 spiro atoms. The molecule has 2 aliphatic rings. The van der Waals surface area contributed by atoms with E-state index in [1.165, 1.54) is 11.6 Å². The summed E-state index contributed by atoms with van der Waals surface area (Å²) in [7, 11) is -0.263. The van der Waals surface area contributed by atoms with Gasteiger partial charge in [0.05, 0.1) is 16.2 Å². The smallest absolute Gasteiger partial charge is 0.261 e. The average Bonchev–Trinajstić information content (AvgIpc) is 3.42. The Labute approximate surface area is 276 Å². The summed E-state index contributed by atoms with van der Waals surface area (Å²) < 4.78 is 29.2. The number of carbonyl (C=O) groups excluding carboxylic acids is 2. The second-order valence-corrected chi connectivity index (χ2v) is 13.9. The van der Waals surface area contributed by atoms with Crippen molar-refractivity contribution in [2.24, 2.45) is 5.92 Å². The maximum atomic E-state index is 13.5. The van der Waals surface area contributed by atoms with Gasteiger partial charge in [0, 0.05) is 49.2 Å². The van der Waals surface area contributed by atoms with Gasteiger partial charge >= 0.3 is 0 Å². The van der Waals surface area contributed by atoms with Crippen LogP contribution in [0, 0.1) is 5.92 Å². The number of carbonyl (C=O) groups is 2. The highest BCUT2D eigenvalue weighted by molar-refractivity contribution is 7.92. The summed E-state index contributed by atoms with van der Waals surface area (Å²) in [5.74, 6) is 0.0293. The normalized spacial score (nSPS) is 16.3. The molecule has 242 valence electrons. The van der Waals surface area contributed by atoms with Crippen molar-refractivity contribution in [2.75, 3.05) is 49.1 Å². The van der Waals surface area contributed by atoms with Gasteiger partial charge in [-0.2, -0.15) is 0 Å². The molecule has 10 heteroatoms. The molecule has 0 aromatic heterocycles. The first-order valence-electron chi connectivity index (χ1n) is 15.8. The Bertz CT molecular complexity index is 1880. The van der Waals surface area contributed by atoms with Crippen LogP contribution in [0.5, 0.6) is 0 Å². The first-order valence-corrected chi connectivity index (χ1v) is 17.3. The number of amides is 2. The standard InChI is InChI=1S/C37H39N5O4S/c1-41(2)37(44)28-20-23-42(24-21-28)22-19-26-13-15-29(16-14-26)38-35(27-9-5-3-6-10-27)34-32-25-31(17-18-33(32)39-36(34)43)47(45,46)40-30-11-7-4-8-12-30/h3-18,25,28,38,40H,19-24H2,1-2H3,(H,39,43). The van der Waals surface area contributed by atoms with E-state index in [1.54, 1.807) is 41.3 Å². The molecule has 4 aromatic rings. The van der Waals surface area contributed by atoms with E-state index in [0.29, 0.717) is 28.2 Å². The van der Waals surface area contributed by atoms with E-state index in [-0.39, 0.29) is 22.6 Å². The van der Waals surface area contributed by atoms with E-state index >= 15 is 0 Å². The van der Waals surface area contributed by atoms with Crippen LogP contribution in [0.4, 0.5) is 17.1 Å². The van der Waals surface area contributed by atoms with E-state index < -0.39 is 10.0 Å². The van der Waals surface area contributed by atoms with Crippen LogP contribution in [-0.2, 0) is 26.0 Å². The molecule has 1 saturated heterocycles. The Balaban J connectivity index is 1.22. The Morgan fingerprint density at radius 2 is 1.53 bits per heavy atom. The fraction of sp³-hybridized carbons (Fsp3) is 0.243. The van der Waals surface area contributed by atoms with Crippen molar-refractivity contribution in [3.63, 3.8) is 0 Å². The lowest BCUT2D eigenvalue weighted by molar-refractivity contribution is -0.134. The number of anilines is 3. The molecule has 3 N–H and O–H groups in total. The lowest BCUT2D eigenvalue weighted by atomic mass is 9.95. The molecular formula is C37H39N5O4S. The van der Waals surface area contributed by atoms with Gasteiger partial charge < -0.3 is 20.4 Å². The molecule has 0 aliphatic carbocycles. The second kappa shape index (κ2) is 13.8. The van der Waals surface area contributed by atoms with E-state index in [1.807, 2.05) is 62.6 Å². The van der Waals surface area contributed by atoms with Crippen LogP contribution in [0.25, 0.3) is 11.3 Å². The third-order valence-electron chi connectivity index (χ3n) is 8.70. The van der Waals surface area contributed by atoms with Crippen molar-refractivity contribution in [1.29, 1.82) is 0 Å². The Morgan fingerprint density at radius 3 is 2.19 bits per heavy atom. The SMILES string of the molecule is CN(C)C(=O)C1CCN(CCc2ccc(NC(=C3C(=O)Nc4ccc(S(=O)(=O)Nc5ccccc5)cc43)c3ccccc3)cc2)CC1. The highest BCUT2D eigenvalue weighted by Gasteiger charge is 2.31. The number of hydrogen-bond acceptors (Lipinski definition) is 6. The molecule has 47 heavy (non-hydrogen) atoms. The highest BCUT2D eigenvalue weighted by Crippen LogP contribution is 2.39. The Morgan fingerprint density at radius 1 is 0.872 bits per heavy atom. The summed E-state index contributed by atoms with van der Waals surface area (Å²) in [4.78, 5) is 29.9. The molecule has 0 saturated carbocycles. The number of hydrogen-bond donors (Lipinski definition) is 3. The second-order valence-electron chi connectivity index (χ2n) is 12.2. The summed E-state index contributed by atoms with van der Waals surface area (Å²) >= 11 is 0. The molecule has 1 fully saturated rings. The van der Waals surface area contributed by atoms with Gasteiger partial charge in [-0.1, -0.05) is 60.7 Å². The van der Waals surface area contributed by atoms with E-state index in [2.05, 4.69) is 32.4 Å². The number of piperidine rings is 1. The predicted octanol–water partition coefficient (Wildman–Crippen LogP) is 5.76. The highest BCUT2D eigenvalue weighted by atomic mass is 32.2. The van der Waals surface area contributed by atoms with Gasteiger partial charge in [-0.05, 0) is 85.9 Å². The van der Waals surface area contributed by atoms with Crippen LogP contribution in [0.3, 0.4) is 0 Å². The van der Waals surface area contributed by atoms with Crippen molar-refractivity contribution in [3.05, 3.63) is 120 Å².